The summed E-state index contributed by atoms with van der Waals surface area (Å²) in [5, 5.41) is 5.44. The van der Waals surface area contributed by atoms with E-state index in [1.54, 1.807) is 27.9 Å². The van der Waals surface area contributed by atoms with Crippen LogP contribution in [0.3, 0.4) is 0 Å². The molecule has 0 saturated heterocycles. The predicted octanol–water partition coefficient (Wildman–Crippen LogP) is -0.809. The van der Waals surface area contributed by atoms with Crippen molar-refractivity contribution in [2.24, 2.45) is 0 Å². The van der Waals surface area contributed by atoms with Crippen molar-refractivity contribution in [1.29, 1.82) is 0 Å². The van der Waals surface area contributed by atoms with Crippen molar-refractivity contribution in [3.63, 3.8) is 0 Å². The highest BCUT2D eigenvalue weighted by molar-refractivity contribution is 5.84. The molecule has 0 aliphatic carbocycles. The molecule has 0 radical (unpaired) electrons. The largest absolute Gasteiger partial charge is 0.347 e. The molecule has 0 bridgehead atoms. The Morgan fingerprint density at radius 3 is 2.31 bits per heavy atom. The maximum absolute atomic E-state index is 11.5. The molecule has 0 heterocycles. The van der Waals surface area contributed by atoms with E-state index >= 15 is 0 Å². The summed E-state index contributed by atoms with van der Waals surface area (Å²) in [6, 6.07) is -0.853. The summed E-state index contributed by atoms with van der Waals surface area (Å²) in [4.78, 5) is 24.4. The molecule has 2 unspecified atom stereocenters. The fourth-order valence-electron chi connectivity index (χ4n) is 1.20. The molecule has 0 aromatic heterocycles. The summed E-state index contributed by atoms with van der Waals surface area (Å²) in [6.45, 7) is 3.60. The van der Waals surface area contributed by atoms with Gasteiger partial charge >= 0.3 is 0 Å². The van der Waals surface area contributed by atoms with Gasteiger partial charge in [0.05, 0.1) is 18.6 Å². The minimum Gasteiger partial charge on any atom is -0.347 e. The molecule has 5 heteroatoms. The first kappa shape index (κ1) is 14.5. The van der Waals surface area contributed by atoms with Crippen LogP contribution in [0.1, 0.15) is 13.8 Å². The Morgan fingerprint density at radius 2 is 1.88 bits per heavy atom. The predicted molar refractivity (Wildman–Crippen MR) is 62.6 cm³/mol. The number of hydrogen-bond donors (Lipinski definition) is 2. The summed E-state index contributed by atoms with van der Waals surface area (Å²) in [5.41, 5.74) is 0. The zero-order chi connectivity index (χ0) is 12.7. The van der Waals surface area contributed by atoms with Gasteiger partial charge in [0, 0.05) is 14.1 Å². The molecule has 0 aliphatic heterocycles. The highest BCUT2D eigenvalue weighted by Crippen LogP contribution is 1.92. The van der Waals surface area contributed by atoms with Crippen molar-refractivity contribution in [2.45, 2.75) is 25.9 Å². The SMILES string of the molecule is C#CCNC(=O)C(C)NC(C)C(=O)N(C)C. The van der Waals surface area contributed by atoms with Crippen LogP contribution in [0.15, 0.2) is 0 Å². The number of nitrogens with one attached hydrogen (secondary N) is 2. The van der Waals surface area contributed by atoms with Gasteiger partial charge in [-0.1, -0.05) is 5.92 Å². The average Bonchev–Trinajstić information content (AvgIpc) is 2.24. The van der Waals surface area contributed by atoms with Crippen LogP contribution in [-0.4, -0.2) is 49.4 Å². The summed E-state index contributed by atoms with van der Waals surface area (Å²) < 4.78 is 0. The Bertz CT molecular complexity index is 294. The molecular formula is C11H19N3O2. The lowest BCUT2D eigenvalue weighted by atomic mass is 10.2. The molecule has 5 nitrogen and oxygen atoms in total. The van der Waals surface area contributed by atoms with E-state index < -0.39 is 12.1 Å². The van der Waals surface area contributed by atoms with Crippen LogP contribution in [0, 0.1) is 12.3 Å². The molecule has 0 aromatic rings. The molecule has 0 fully saturated rings. The van der Waals surface area contributed by atoms with E-state index in [-0.39, 0.29) is 18.4 Å². The molecule has 0 aliphatic rings. The Balaban J connectivity index is 4.14. The second-order valence-electron chi connectivity index (χ2n) is 3.76. The number of carbonyl (C=O) groups excluding carboxylic acids is 2. The fourth-order valence-corrected chi connectivity index (χ4v) is 1.20. The van der Waals surface area contributed by atoms with Gasteiger partial charge in [-0.25, -0.2) is 0 Å². The van der Waals surface area contributed by atoms with Crippen molar-refractivity contribution in [1.82, 2.24) is 15.5 Å². The zero-order valence-electron chi connectivity index (χ0n) is 10.2. The molecule has 16 heavy (non-hydrogen) atoms. The highest BCUT2D eigenvalue weighted by Gasteiger charge is 2.20. The number of terminal acetylenes is 1. The summed E-state index contributed by atoms with van der Waals surface area (Å²) in [7, 11) is 3.34. The van der Waals surface area contributed by atoms with Gasteiger partial charge in [-0.05, 0) is 13.8 Å². The quantitative estimate of drug-likeness (QED) is 0.602. The van der Waals surface area contributed by atoms with Crippen molar-refractivity contribution in [3.05, 3.63) is 0 Å². The monoisotopic (exact) mass is 225 g/mol. The van der Waals surface area contributed by atoms with Gasteiger partial charge in [-0.2, -0.15) is 0 Å². The minimum atomic E-state index is -0.452. The lowest BCUT2D eigenvalue weighted by molar-refractivity contribution is -0.131. The van der Waals surface area contributed by atoms with E-state index in [0.717, 1.165) is 0 Å². The lowest BCUT2D eigenvalue weighted by Crippen LogP contribution is -2.50. The number of likely N-dealkylation sites (N-methyl/N-ethyl adjacent to an activating group) is 1. The number of nitrogens with zero attached hydrogens (tertiary/aromatic N) is 1. The van der Waals surface area contributed by atoms with E-state index in [9.17, 15) is 9.59 Å². The van der Waals surface area contributed by atoms with Crippen molar-refractivity contribution >= 4 is 11.8 Å². The van der Waals surface area contributed by atoms with E-state index in [2.05, 4.69) is 16.6 Å². The van der Waals surface area contributed by atoms with E-state index in [1.807, 2.05) is 0 Å². The van der Waals surface area contributed by atoms with Crippen molar-refractivity contribution < 1.29 is 9.59 Å². The van der Waals surface area contributed by atoms with Gasteiger partial charge in [-0.3, -0.25) is 14.9 Å². The Morgan fingerprint density at radius 1 is 1.31 bits per heavy atom. The van der Waals surface area contributed by atoms with Gasteiger partial charge in [0.2, 0.25) is 11.8 Å². The minimum absolute atomic E-state index is 0.0726. The number of rotatable bonds is 5. The smallest absolute Gasteiger partial charge is 0.238 e. The summed E-state index contributed by atoms with van der Waals surface area (Å²) in [6.07, 6.45) is 5.02. The molecule has 0 rings (SSSR count). The molecule has 0 aromatic carbocycles. The Labute approximate surface area is 96.6 Å². The molecule has 0 spiro atoms. The van der Waals surface area contributed by atoms with Crippen LogP contribution in [-0.2, 0) is 9.59 Å². The van der Waals surface area contributed by atoms with Crippen LogP contribution in [0.4, 0.5) is 0 Å². The third-order valence-corrected chi connectivity index (χ3v) is 2.07. The first-order valence-corrected chi connectivity index (χ1v) is 5.08. The van der Waals surface area contributed by atoms with Crippen molar-refractivity contribution in [3.8, 4) is 12.3 Å². The Kier molecular flexibility index (Phi) is 6.19. The van der Waals surface area contributed by atoms with Gasteiger partial charge in [0.1, 0.15) is 0 Å². The fraction of sp³-hybridized carbons (Fsp3) is 0.636. The molecule has 2 N–H and O–H groups in total. The summed E-state index contributed by atoms with van der Waals surface area (Å²) in [5.74, 6) is 2.03. The number of hydrogen-bond acceptors (Lipinski definition) is 3. The zero-order valence-corrected chi connectivity index (χ0v) is 10.2. The average molecular weight is 225 g/mol. The van der Waals surface area contributed by atoms with E-state index in [0.29, 0.717) is 0 Å². The normalized spacial score (nSPS) is 13.4. The van der Waals surface area contributed by atoms with Gasteiger partial charge in [-0.15, -0.1) is 6.42 Å². The second kappa shape index (κ2) is 6.85. The molecule has 0 saturated carbocycles. The van der Waals surface area contributed by atoms with Crippen LogP contribution in [0.25, 0.3) is 0 Å². The van der Waals surface area contributed by atoms with Crippen molar-refractivity contribution in [2.75, 3.05) is 20.6 Å². The second-order valence-corrected chi connectivity index (χ2v) is 3.76. The summed E-state index contributed by atoms with van der Waals surface area (Å²) >= 11 is 0. The van der Waals surface area contributed by atoms with Gasteiger partial charge < -0.3 is 10.2 Å². The topological polar surface area (TPSA) is 61.4 Å². The molecule has 2 amide bonds. The highest BCUT2D eigenvalue weighted by atomic mass is 16.2. The van der Waals surface area contributed by atoms with Crippen LogP contribution in [0.5, 0.6) is 0 Å². The first-order chi connectivity index (χ1) is 7.40. The number of amides is 2. The molecule has 2 atom stereocenters. The van der Waals surface area contributed by atoms with E-state index in [4.69, 9.17) is 6.42 Å². The standard InChI is InChI=1S/C11H19N3O2/c1-6-7-12-10(15)8(2)13-9(3)11(16)14(4)5/h1,8-9,13H,7H2,2-5H3,(H,12,15). The lowest BCUT2D eigenvalue weighted by Gasteiger charge is -2.21. The first-order valence-electron chi connectivity index (χ1n) is 5.08. The van der Waals surface area contributed by atoms with Crippen LogP contribution in [0.2, 0.25) is 0 Å². The van der Waals surface area contributed by atoms with Gasteiger partial charge in [0.15, 0.2) is 0 Å². The maximum Gasteiger partial charge on any atom is 0.238 e. The third-order valence-electron chi connectivity index (χ3n) is 2.07. The van der Waals surface area contributed by atoms with Gasteiger partial charge in [0.25, 0.3) is 0 Å². The maximum atomic E-state index is 11.5. The van der Waals surface area contributed by atoms with E-state index in [1.165, 1.54) is 4.90 Å². The van der Waals surface area contributed by atoms with Crippen LogP contribution >= 0.6 is 0 Å². The number of carbonyl (C=O) groups is 2. The third kappa shape index (κ3) is 4.80. The Hall–Kier alpha value is -1.54. The molecular weight excluding hydrogens is 206 g/mol. The molecule has 90 valence electrons. The van der Waals surface area contributed by atoms with Crippen LogP contribution < -0.4 is 10.6 Å².